The average molecular weight is 309 g/mol. The van der Waals surface area contributed by atoms with Gasteiger partial charge in [0, 0.05) is 15.7 Å². The number of hydrogen-bond acceptors (Lipinski definition) is 3. The molecule has 0 unspecified atom stereocenters. The van der Waals surface area contributed by atoms with Crippen LogP contribution in [0.3, 0.4) is 0 Å². The second-order valence-electron chi connectivity index (χ2n) is 4.18. The van der Waals surface area contributed by atoms with Crippen molar-refractivity contribution < 1.29 is 9.47 Å². The van der Waals surface area contributed by atoms with Crippen LogP contribution in [-0.4, -0.2) is 19.5 Å². The lowest BCUT2D eigenvalue weighted by Crippen LogP contribution is -1.98. The maximum absolute atomic E-state index is 5.85. The number of hydrogen-bond donors (Lipinski definition) is 0. The molecule has 0 fully saturated rings. The summed E-state index contributed by atoms with van der Waals surface area (Å²) in [6, 6.07) is 15.6. The molecule has 4 heteroatoms. The van der Waals surface area contributed by atoms with Crippen LogP contribution in [0.4, 0.5) is 0 Å². The molecular formula is C16H17ClO2S. The molecule has 0 radical (unpaired) electrons. The summed E-state index contributed by atoms with van der Waals surface area (Å²) < 4.78 is 10.8. The van der Waals surface area contributed by atoms with Crippen LogP contribution in [0.25, 0.3) is 0 Å². The van der Waals surface area contributed by atoms with Gasteiger partial charge in [-0.05, 0) is 55.0 Å². The van der Waals surface area contributed by atoms with Crippen molar-refractivity contribution in [1.82, 2.24) is 0 Å². The summed E-state index contributed by atoms with van der Waals surface area (Å²) in [7, 11) is 1.66. The van der Waals surface area contributed by atoms with Gasteiger partial charge in [-0.2, -0.15) is 0 Å². The standard InChI is InChI=1S/C16H17ClO2S/c1-18-14-5-7-15(8-6-14)19-11-2-12-20-16-9-3-13(17)4-10-16/h3-10H,2,11-12H2,1H3. The van der Waals surface area contributed by atoms with Crippen LogP contribution in [0, 0.1) is 0 Å². The predicted molar refractivity (Wildman–Crippen MR) is 85.3 cm³/mol. The first-order valence-corrected chi connectivity index (χ1v) is 7.79. The van der Waals surface area contributed by atoms with E-state index in [0.717, 1.165) is 28.7 Å². The molecule has 0 bridgehead atoms. The van der Waals surface area contributed by atoms with Crippen molar-refractivity contribution in [3.63, 3.8) is 0 Å². The van der Waals surface area contributed by atoms with Crippen LogP contribution in [0.1, 0.15) is 6.42 Å². The summed E-state index contributed by atoms with van der Waals surface area (Å²) >= 11 is 7.66. The molecule has 2 aromatic rings. The van der Waals surface area contributed by atoms with Crippen LogP contribution in [0.5, 0.6) is 11.5 Å². The highest BCUT2D eigenvalue weighted by Gasteiger charge is 1.97. The van der Waals surface area contributed by atoms with Gasteiger partial charge in [-0.15, -0.1) is 11.8 Å². The SMILES string of the molecule is COc1ccc(OCCCSc2ccc(Cl)cc2)cc1. The molecule has 2 rings (SSSR count). The highest BCUT2D eigenvalue weighted by molar-refractivity contribution is 7.99. The molecule has 2 nitrogen and oxygen atoms in total. The fourth-order valence-corrected chi connectivity index (χ4v) is 2.59. The van der Waals surface area contributed by atoms with Gasteiger partial charge in [-0.25, -0.2) is 0 Å². The van der Waals surface area contributed by atoms with Gasteiger partial charge < -0.3 is 9.47 Å². The monoisotopic (exact) mass is 308 g/mol. The van der Waals surface area contributed by atoms with E-state index in [-0.39, 0.29) is 0 Å². The Balaban J connectivity index is 1.64. The lowest BCUT2D eigenvalue weighted by Gasteiger charge is -2.07. The van der Waals surface area contributed by atoms with Crippen molar-refractivity contribution in [3.05, 3.63) is 53.6 Å². The van der Waals surface area contributed by atoms with E-state index in [1.54, 1.807) is 7.11 Å². The Kier molecular flexibility index (Phi) is 6.09. The van der Waals surface area contributed by atoms with Gasteiger partial charge >= 0.3 is 0 Å². The Morgan fingerprint density at radius 2 is 1.60 bits per heavy atom. The van der Waals surface area contributed by atoms with Crippen LogP contribution < -0.4 is 9.47 Å². The molecule has 0 saturated heterocycles. The summed E-state index contributed by atoms with van der Waals surface area (Å²) in [5.74, 6) is 2.75. The molecule has 0 N–H and O–H groups in total. The lowest BCUT2D eigenvalue weighted by atomic mass is 10.3. The molecule has 0 aliphatic carbocycles. The lowest BCUT2D eigenvalue weighted by molar-refractivity contribution is 0.318. The first-order chi connectivity index (χ1) is 9.78. The number of rotatable bonds is 7. The molecule has 106 valence electrons. The van der Waals surface area contributed by atoms with Gasteiger partial charge in [0.2, 0.25) is 0 Å². The fraction of sp³-hybridized carbons (Fsp3) is 0.250. The van der Waals surface area contributed by atoms with Crippen LogP contribution in [0.15, 0.2) is 53.4 Å². The van der Waals surface area contributed by atoms with Gasteiger partial charge in [0.15, 0.2) is 0 Å². The number of thioether (sulfide) groups is 1. The molecule has 0 aliphatic heterocycles. The molecule has 0 amide bonds. The number of halogens is 1. The van der Waals surface area contributed by atoms with E-state index in [2.05, 4.69) is 0 Å². The molecule has 0 saturated carbocycles. The van der Waals surface area contributed by atoms with Crippen molar-refractivity contribution in [2.24, 2.45) is 0 Å². The Hall–Kier alpha value is -1.32. The summed E-state index contributed by atoms with van der Waals surface area (Å²) in [6.07, 6.45) is 0.999. The summed E-state index contributed by atoms with van der Waals surface area (Å²) in [5.41, 5.74) is 0. The van der Waals surface area contributed by atoms with E-state index in [1.807, 2.05) is 60.3 Å². The maximum Gasteiger partial charge on any atom is 0.119 e. The van der Waals surface area contributed by atoms with E-state index >= 15 is 0 Å². The molecule has 0 aromatic heterocycles. The quantitative estimate of drug-likeness (QED) is 0.535. The number of ether oxygens (including phenoxy) is 2. The van der Waals surface area contributed by atoms with E-state index in [1.165, 1.54) is 4.90 Å². The van der Waals surface area contributed by atoms with E-state index in [9.17, 15) is 0 Å². The van der Waals surface area contributed by atoms with Crippen molar-refractivity contribution in [2.75, 3.05) is 19.5 Å². The third-order valence-electron chi connectivity index (χ3n) is 2.70. The minimum Gasteiger partial charge on any atom is -0.497 e. The van der Waals surface area contributed by atoms with Crippen molar-refractivity contribution in [2.45, 2.75) is 11.3 Å². The van der Waals surface area contributed by atoms with Gasteiger partial charge in [0.25, 0.3) is 0 Å². The molecule has 0 heterocycles. The van der Waals surface area contributed by atoms with Crippen molar-refractivity contribution in [3.8, 4) is 11.5 Å². The second-order valence-corrected chi connectivity index (χ2v) is 5.78. The van der Waals surface area contributed by atoms with Gasteiger partial charge in [0.1, 0.15) is 11.5 Å². The van der Waals surface area contributed by atoms with Crippen molar-refractivity contribution >= 4 is 23.4 Å². The molecular weight excluding hydrogens is 292 g/mol. The van der Waals surface area contributed by atoms with E-state index < -0.39 is 0 Å². The molecule has 20 heavy (non-hydrogen) atoms. The number of methoxy groups -OCH3 is 1. The van der Waals surface area contributed by atoms with Crippen molar-refractivity contribution in [1.29, 1.82) is 0 Å². The minimum absolute atomic E-state index is 0.715. The molecule has 2 aromatic carbocycles. The summed E-state index contributed by atoms with van der Waals surface area (Å²) in [6.45, 7) is 0.715. The zero-order chi connectivity index (χ0) is 14.2. The Morgan fingerprint density at radius 3 is 2.25 bits per heavy atom. The highest BCUT2D eigenvalue weighted by Crippen LogP contribution is 2.21. The fourth-order valence-electron chi connectivity index (χ4n) is 1.64. The second kappa shape index (κ2) is 8.08. The van der Waals surface area contributed by atoms with Gasteiger partial charge in [-0.1, -0.05) is 11.6 Å². The average Bonchev–Trinajstić information content (AvgIpc) is 2.49. The Morgan fingerprint density at radius 1 is 0.950 bits per heavy atom. The minimum atomic E-state index is 0.715. The van der Waals surface area contributed by atoms with Gasteiger partial charge in [-0.3, -0.25) is 0 Å². The maximum atomic E-state index is 5.85. The Labute approximate surface area is 129 Å². The smallest absolute Gasteiger partial charge is 0.119 e. The van der Waals surface area contributed by atoms with Gasteiger partial charge in [0.05, 0.1) is 13.7 Å². The van der Waals surface area contributed by atoms with Crippen LogP contribution in [0.2, 0.25) is 5.02 Å². The normalized spacial score (nSPS) is 10.3. The zero-order valence-electron chi connectivity index (χ0n) is 11.3. The van der Waals surface area contributed by atoms with E-state index in [4.69, 9.17) is 21.1 Å². The Bertz CT molecular complexity index is 511. The summed E-state index contributed by atoms with van der Waals surface area (Å²) in [5, 5.41) is 0.775. The largest absolute Gasteiger partial charge is 0.497 e. The molecule has 0 spiro atoms. The van der Waals surface area contributed by atoms with Crippen LogP contribution in [-0.2, 0) is 0 Å². The first kappa shape index (κ1) is 15.1. The highest BCUT2D eigenvalue weighted by atomic mass is 35.5. The number of benzene rings is 2. The predicted octanol–water partition coefficient (Wildman–Crippen LogP) is 4.91. The summed E-state index contributed by atoms with van der Waals surface area (Å²) in [4.78, 5) is 1.24. The van der Waals surface area contributed by atoms with Crippen LogP contribution >= 0.6 is 23.4 Å². The topological polar surface area (TPSA) is 18.5 Å². The van der Waals surface area contributed by atoms with E-state index in [0.29, 0.717) is 6.61 Å². The molecule has 0 aliphatic rings. The zero-order valence-corrected chi connectivity index (χ0v) is 12.9. The molecule has 0 atom stereocenters. The third kappa shape index (κ3) is 4.99. The third-order valence-corrected chi connectivity index (χ3v) is 4.05. The first-order valence-electron chi connectivity index (χ1n) is 6.43.